The molecule has 2 rings (SSSR count). The van der Waals surface area contributed by atoms with Gasteiger partial charge in [-0.3, -0.25) is 4.79 Å². The number of amides is 1. The number of anilines is 1. The number of hydrogen-bond acceptors (Lipinski definition) is 2. The molecule has 0 atom stereocenters. The molecule has 1 N–H and O–H groups in total. The van der Waals surface area contributed by atoms with Gasteiger partial charge in [0.15, 0.2) is 0 Å². The third-order valence-electron chi connectivity index (χ3n) is 2.65. The van der Waals surface area contributed by atoms with Gasteiger partial charge < -0.3 is 5.32 Å². The molecule has 0 saturated heterocycles. The predicted molar refractivity (Wildman–Crippen MR) is 92.8 cm³/mol. The Balaban J connectivity index is 2.24. The third kappa shape index (κ3) is 4.60. The molecular weight excluding hydrogens is 387 g/mol. The first-order chi connectivity index (χ1) is 10.5. The van der Waals surface area contributed by atoms with E-state index in [1.165, 1.54) is 6.08 Å². The molecule has 0 fully saturated rings. The number of rotatable bonds is 3. The maximum Gasteiger partial charge on any atom is 0.266 e. The van der Waals surface area contributed by atoms with Gasteiger partial charge in [0.2, 0.25) is 0 Å². The number of carbonyl (C=O) groups is 1. The molecule has 110 valence electrons. The van der Waals surface area contributed by atoms with Gasteiger partial charge in [0.25, 0.3) is 5.91 Å². The second-order valence-corrected chi connectivity index (χ2v) is 6.13. The zero-order valence-corrected chi connectivity index (χ0v) is 14.2. The van der Waals surface area contributed by atoms with Gasteiger partial charge in [-0.1, -0.05) is 51.3 Å². The van der Waals surface area contributed by atoms with E-state index in [9.17, 15) is 10.1 Å². The van der Waals surface area contributed by atoms with Crippen LogP contribution in [0.2, 0.25) is 10.0 Å². The Bertz CT molecular complexity index is 777. The third-order valence-corrected chi connectivity index (χ3v) is 3.57. The number of halogens is 3. The summed E-state index contributed by atoms with van der Waals surface area (Å²) in [5, 5.41) is 12.6. The van der Waals surface area contributed by atoms with Crippen molar-refractivity contribution in [3.8, 4) is 6.07 Å². The van der Waals surface area contributed by atoms with E-state index in [2.05, 4.69) is 21.2 Å². The molecule has 0 heterocycles. The van der Waals surface area contributed by atoms with Gasteiger partial charge in [-0.2, -0.15) is 5.26 Å². The lowest BCUT2D eigenvalue weighted by Gasteiger charge is -2.05. The lowest BCUT2D eigenvalue weighted by atomic mass is 10.1. The molecule has 0 bridgehead atoms. The minimum absolute atomic E-state index is 0.0193. The Kier molecular flexibility index (Phi) is 5.62. The fourth-order valence-electron chi connectivity index (χ4n) is 1.74. The summed E-state index contributed by atoms with van der Waals surface area (Å²) in [5.41, 5.74) is 1.15. The standard InChI is InChI=1S/C16H9BrCl2N2O/c17-12-3-1-2-10(5-12)4-11(9-20)16(22)21-15-7-13(18)6-14(19)8-15/h1-8H,(H,21,22)/b11-4+. The summed E-state index contributed by atoms with van der Waals surface area (Å²) in [6.45, 7) is 0. The number of nitrogens with zero attached hydrogens (tertiary/aromatic N) is 1. The van der Waals surface area contributed by atoms with E-state index < -0.39 is 5.91 Å². The van der Waals surface area contributed by atoms with Crippen molar-refractivity contribution >= 4 is 56.8 Å². The molecule has 2 aromatic rings. The summed E-state index contributed by atoms with van der Waals surface area (Å²) in [6.07, 6.45) is 1.51. The van der Waals surface area contributed by atoms with Crippen molar-refractivity contribution in [2.75, 3.05) is 5.32 Å². The molecule has 1 amide bonds. The average Bonchev–Trinajstić information content (AvgIpc) is 2.43. The lowest BCUT2D eigenvalue weighted by molar-refractivity contribution is -0.112. The first kappa shape index (κ1) is 16.6. The molecule has 0 saturated carbocycles. The minimum Gasteiger partial charge on any atom is -0.321 e. The van der Waals surface area contributed by atoms with Crippen molar-refractivity contribution in [2.24, 2.45) is 0 Å². The first-order valence-electron chi connectivity index (χ1n) is 6.13. The van der Waals surface area contributed by atoms with Crippen molar-refractivity contribution in [3.05, 3.63) is 68.1 Å². The van der Waals surface area contributed by atoms with Crippen molar-refractivity contribution in [1.29, 1.82) is 5.26 Å². The van der Waals surface area contributed by atoms with Crippen LogP contribution in [0.3, 0.4) is 0 Å². The van der Waals surface area contributed by atoms with Gasteiger partial charge in [-0.05, 0) is 42.0 Å². The highest BCUT2D eigenvalue weighted by atomic mass is 79.9. The molecule has 6 heteroatoms. The Labute approximate surface area is 146 Å². The van der Waals surface area contributed by atoms with E-state index in [0.29, 0.717) is 15.7 Å². The van der Waals surface area contributed by atoms with Gasteiger partial charge >= 0.3 is 0 Å². The first-order valence-corrected chi connectivity index (χ1v) is 7.67. The Hall–Kier alpha value is -1.80. The number of hydrogen-bond donors (Lipinski definition) is 1. The SMILES string of the molecule is N#C/C(=C\c1cccc(Br)c1)C(=O)Nc1cc(Cl)cc(Cl)c1. The van der Waals surface area contributed by atoms with Gasteiger partial charge in [0.05, 0.1) is 0 Å². The molecule has 0 spiro atoms. The fraction of sp³-hybridized carbons (Fsp3) is 0. The molecule has 2 aromatic carbocycles. The van der Waals surface area contributed by atoms with Crippen LogP contribution < -0.4 is 5.32 Å². The van der Waals surface area contributed by atoms with Gasteiger partial charge in [0.1, 0.15) is 11.6 Å². The second kappa shape index (κ2) is 7.46. The van der Waals surface area contributed by atoms with Crippen molar-refractivity contribution in [1.82, 2.24) is 0 Å². The summed E-state index contributed by atoms with van der Waals surface area (Å²) in [4.78, 5) is 12.2. The smallest absolute Gasteiger partial charge is 0.266 e. The molecule has 3 nitrogen and oxygen atoms in total. The zero-order valence-electron chi connectivity index (χ0n) is 11.1. The largest absolute Gasteiger partial charge is 0.321 e. The normalized spacial score (nSPS) is 10.9. The minimum atomic E-state index is -0.527. The van der Waals surface area contributed by atoms with E-state index >= 15 is 0 Å². The van der Waals surface area contributed by atoms with Crippen molar-refractivity contribution in [2.45, 2.75) is 0 Å². The second-order valence-electron chi connectivity index (χ2n) is 4.34. The maximum absolute atomic E-state index is 12.2. The van der Waals surface area contributed by atoms with Crippen LogP contribution in [0.4, 0.5) is 5.69 Å². The summed E-state index contributed by atoms with van der Waals surface area (Å²) < 4.78 is 0.862. The molecule has 0 aromatic heterocycles. The van der Waals surface area contributed by atoms with Crippen LogP contribution in [0.25, 0.3) is 6.08 Å². The lowest BCUT2D eigenvalue weighted by Crippen LogP contribution is -2.13. The van der Waals surface area contributed by atoms with E-state index in [1.54, 1.807) is 30.3 Å². The quantitative estimate of drug-likeness (QED) is 0.566. The van der Waals surface area contributed by atoms with Crippen LogP contribution in [-0.2, 0) is 4.79 Å². The highest BCUT2D eigenvalue weighted by molar-refractivity contribution is 9.10. The fourth-order valence-corrected chi connectivity index (χ4v) is 2.68. The monoisotopic (exact) mass is 394 g/mol. The van der Waals surface area contributed by atoms with Crippen LogP contribution in [0.5, 0.6) is 0 Å². The Morgan fingerprint density at radius 3 is 2.45 bits per heavy atom. The van der Waals surface area contributed by atoms with Gasteiger partial charge in [0, 0.05) is 20.2 Å². The van der Waals surface area contributed by atoms with Crippen LogP contribution in [0.1, 0.15) is 5.56 Å². The van der Waals surface area contributed by atoms with E-state index in [-0.39, 0.29) is 5.57 Å². The number of nitrogens with one attached hydrogen (secondary N) is 1. The zero-order chi connectivity index (χ0) is 16.1. The Morgan fingerprint density at radius 1 is 1.18 bits per heavy atom. The summed E-state index contributed by atoms with van der Waals surface area (Å²) in [6, 6.07) is 13.8. The van der Waals surface area contributed by atoms with Crippen LogP contribution in [0.15, 0.2) is 52.5 Å². The Morgan fingerprint density at radius 2 is 1.86 bits per heavy atom. The summed E-state index contributed by atoms with van der Waals surface area (Å²) >= 11 is 15.1. The molecule has 0 unspecified atom stereocenters. The highest BCUT2D eigenvalue weighted by Gasteiger charge is 2.10. The van der Waals surface area contributed by atoms with E-state index in [4.69, 9.17) is 23.2 Å². The van der Waals surface area contributed by atoms with Crippen LogP contribution in [-0.4, -0.2) is 5.91 Å². The number of carbonyl (C=O) groups excluding carboxylic acids is 1. The topological polar surface area (TPSA) is 52.9 Å². The summed E-state index contributed by atoms with van der Waals surface area (Å²) in [5.74, 6) is -0.527. The molecule has 0 radical (unpaired) electrons. The predicted octanol–water partition coefficient (Wildman–Crippen LogP) is 5.30. The van der Waals surface area contributed by atoms with Crippen molar-refractivity contribution in [3.63, 3.8) is 0 Å². The highest BCUT2D eigenvalue weighted by Crippen LogP contribution is 2.23. The van der Waals surface area contributed by atoms with Gasteiger partial charge in [-0.15, -0.1) is 0 Å². The maximum atomic E-state index is 12.2. The molecular formula is C16H9BrCl2N2O. The van der Waals surface area contributed by atoms with Crippen LogP contribution >= 0.6 is 39.1 Å². The molecule has 0 aliphatic carbocycles. The van der Waals surface area contributed by atoms with Crippen molar-refractivity contribution < 1.29 is 4.79 Å². The van der Waals surface area contributed by atoms with Gasteiger partial charge in [-0.25, -0.2) is 0 Å². The summed E-state index contributed by atoms with van der Waals surface area (Å²) in [7, 11) is 0. The van der Waals surface area contributed by atoms with E-state index in [1.807, 2.05) is 18.2 Å². The number of benzene rings is 2. The number of nitriles is 1. The van der Waals surface area contributed by atoms with Crippen LogP contribution in [0, 0.1) is 11.3 Å². The molecule has 22 heavy (non-hydrogen) atoms. The van der Waals surface area contributed by atoms with E-state index in [0.717, 1.165) is 10.0 Å². The average molecular weight is 396 g/mol. The molecule has 0 aliphatic rings. The molecule has 0 aliphatic heterocycles.